The smallest absolute Gasteiger partial charge is 0.324 e. The largest absolute Gasteiger partial charge is 0.330 e. The molecule has 0 amide bonds. The maximum absolute atomic E-state index is 5.61. The van der Waals surface area contributed by atoms with E-state index in [4.69, 9.17) is 10.3 Å². The lowest BCUT2D eigenvalue weighted by atomic mass is 10.00. The van der Waals surface area contributed by atoms with Crippen LogP contribution in [0.25, 0.3) is 0 Å². The Morgan fingerprint density at radius 3 is 3.07 bits per heavy atom. The third-order valence-corrected chi connectivity index (χ3v) is 2.89. The number of rotatable bonds is 3. The van der Waals surface area contributed by atoms with Crippen molar-refractivity contribution < 1.29 is 4.52 Å². The van der Waals surface area contributed by atoms with Gasteiger partial charge in [0.05, 0.1) is 0 Å². The van der Waals surface area contributed by atoms with Crippen LogP contribution in [0.1, 0.15) is 31.5 Å². The number of aromatic nitrogens is 2. The number of hydrogen-bond donors (Lipinski definition) is 1. The highest BCUT2D eigenvalue weighted by Crippen LogP contribution is 2.24. The standard InChI is InChI=1S/C10H18N4O/c1-8-12-10(15-13-8)14-7-3-2-4-9(14)5-6-11/h9H,2-7,11H2,1H3. The number of nitrogens with zero attached hydrogens (tertiary/aromatic N) is 3. The SMILES string of the molecule is Cc1noc(N2CCCCC2CCN)n1. The molecule has 84 valence electrons. The van der Waals surface area contributed by atoms with Gasteiger partial charge in [0, 0.05) is 12.6 Å². The number of nitrogens with two attached hydrogens (primary N) is 1. The van der Waals surface area contributed by atoms with Crippen molar-refractivity contribution in [2.75, 3.05) is 18.0 Å². The molecular weight excluding hydrogens is 192 g/mol. The minimum absolute atomic E-state index is 0.476. The number of aryl methyl sites for hydroxylation is 1. The van der Waals surface area contributed by atoms with Gasteiger partial charge < -0.3 is 15.2 Å². The van der Waals surface area contributed by atoms with Crippen LogP contribution in [-0.4, -0.2) is 29.3 Å². The van der Waals surface area contributed by atoms with Gasteiger partial charge in [0.15, 0.2) is 5.82 Å². The van der Waals surface area contributed by atoms with Crippen LogP contribution in [0, 0.1) is 6.92 Å². The zero-order valence-electron chi connectivity index (χ0n) is 9.15. The highest BCUT2D eigenvalue weighted by molar-refractivity contribution is 5.28. The fourth-order valence-electron chi connectivity index (χ4n) is 2.15. The lowest BCUT2D eigenvalue weighted by Crippen LogP contribution is -2.41. The second kappa shape index (κ2) is 4.61. The van der Waals surface area contributed by atoms with Crippen molar-refractivity contribution in [3.63, 3.8) is 0 Å². The van der Waals surface area contributed by atoms with E-state index in [0.717, 1.165) is 13.0 Å². The van der Waals surface area contributed by atoms with Gasteiger partial charge in [-0.1, -0.05) is 5.16 Å². The number of hydrogen-bond acceptors (Lipinski definition) is 5. The fraction of sp³-hybridized carbons (Fsp3) is 0.800. The highest BCUT2D eigenvalue weighted by atomic mass is 16.5. The van der Waals surface area contributed by atoms with Crippen molar-refractivity contribution >= 4 is 6.01 Å². The molecule has 1 aromatic rings. The van der Waals surface area contributed by atoms with Crippen molar-refractivity contribution in [3.8, 4) is 0 Å². The Balaban J connectivity index is 2.10. The molecule has 2 N–H and O–H groups in total. The first-order valence-corrected chi connectivity index (χ1v) is 5.58. The molecule has 15 heavy (non-hydrogen) atoms. The molecule has 5 heteroatoms. The molecule has 1 fully saturated rings. The molecule has 2 heterocycles. The van der Waals surface area contributed by atoms with Crippen molar-refractivity contribution in [2.45, 2.75) is 38.6 Å². The summed E-state index contributed by atoms with van der Waals surface area (Å²) in [7, 11) is 0. The summed E-state index contributed by atoms with van der Waals surface area (Å²) in [5.74, 6) is 0.696. The summed E-state index contributed by atoms with van der Waals surface area (Å²) >= 11 is 0. The van der Waals surface area contributed by atoms with Crippen molar-refractivity contribution in [2.24, 2.45) is 5.73 Å². The minimum atomic E-state index is 0.476. The van der Waals surface area contributed by atoms with Crippen molar-refractivity contribution in [1.82, 2.24) is 10.1 Å². The van der Waals surface area contributed by atoms with Crippen molar-refractivity contribution in [1.29, 1.82) is 0 Å². The van der Waals surface area contributed by atoms with Crippen LogP contribution in [0.2, 0.25) is 0 Å². The van der Waals surface area contributed by atoms with Gasteiger partial charge in [-0.2, -0.15) is 4.98 Å². The van der Waals surface area contributed by atoms with Crippen LogP contribution in [-0.2, 0) is 0 Å². The van der Waals surface area contributed by atoms with Crippen LogP contribution < -0.4 is 10.6 Å². The maximum atomic E-state index is 5.61. The first-order chi connectivity index (χ1) is 7.31. The molecule has 1 aliphatic rings. The minimum Gasteiger partial charge on any atom is -0.330 e. The molecular formula is C10H18N4O. The Morgan fingerprint density at radius 1 is 1.53 bits per heavy atom. The van der Waals surface area contributed by atoms with Crippen LogP contribution in [0.3, 0.4) is 0 Å². The molecule has 0 spiro atoms. The molecule has 0 aromatic carbocycles. The van der Waals surface area contributed by atoms with Crippen LogP contribution in [0.15, 0.2) is 4.52 Å². The fourth-order valence-corrected chi connectivity index (χ4v) is 2.15. The first kappa shape index (κ1) is 10.4. The summed E-state index contributed by atoms with van der Waals surface area (Å²) in [6, 6.07) is 1.13. The molecule has 1 unspecified atom stereocenters. The van der Waals surface area contributed by atoms with Crippen LogP contribution in [0.4, 0.5) is 6.01 Å². The van der Waals surface area contributed by atoms with Gasteiger partial charge in [0.25, 0.3) is 0 Å². The second-order valence-corrected chi connectivity index (χ2v) is 4.04. The second-order valence-electron chi connectivity index (χ2n) is 4.04. The molecule has 1 aromatic heterocycles. The lowest BCUT2D eigenvalue weighted by Gasteiger charge is -2.33. The predicted octanol–water partition coefficient (Wildman–Crippen LogP) is 1.09. The third-order valence-electron chi connectivity index (χ3n) is 2.89. The third kappa shape index (κ3) is 2.28. The molecule has 0 saturated carbocycles. The van der Waals surface area contributed by atoms with E-state index in [9.17, 15) is 0 Å². The average molecular weight is 210 g/mol. The Morgan fingerprint density at radius 2 is 2.40 bits per heavy atom. The quantitative estimate of drug-likeness (QED) is 0.808. The normalized spacial score (nSPS) is 22.0. The van der Waals surface area contributed by atoms with E-state index < -0.39 is 0 Å². The molecule has 0 aliphatic carbocycles. The van der Waals surface area contributed by atoms with Gasteiger partial charge in [0.2, 0.25) is 0 Å². The number of piperidine rings is 1. The molecule has 5 nitrogen and oxygen atoms in total. The molecule has 1 aliphatic heterocycles. The van der Waals surface area contributed by atoms with Crippen LogP contribution in [0.5, 0.6) is 0 Å². The van der Waals surface area contributed by atoms with Gasteiger partial charge in [0.1, 0.15) is 0 Å². The molecule has 0 bridgehead atoms. The monoisotopic (exact) mass is 210 g/mol. The summed E-state index contributed by atoms with van der Waals surface area (Å²) in [6.07, 6.45) is 4.65. The van der Waals surface area contributed by atoms with E-state index in [1.807, 2.05) is 6.92 Å². The van der Waals surface area contributed by atoms with E-state index >= 15 is 0 Å². The zero-order valence-corrected chi connectivity index (χ0v) is 9.15. The predicted molar refractivity (Wildman–Crippen MR) is 57.7 cm³/mol. The Labute approximate surface area is 89.6 Å². The van der Waals surface area contributed by atoms with Gasteiger partial charge >= 0.3 is 6.01 Å². The summed E-state index contributed by atoms with van der Waals surface area (Å²) in [6.45, 7) is 3.56. The number of anilines is 1. The molecule has 0 radical (unpaired) electrons. The highest BCUT2D eigenvalue weighted by Gasteiger charge is 2.25. The first-order valence-electron chi connectivity index (χ1n) is 5.58. The van der Waals surface area contributed by atoms with Crippen LogP contribution >= 0.6 is 0 Å². The van der Waals surface area contributed by atoms with Crippen molar-refractivity contribution in [3.05, 3.63) is 5.82 Å². The summed E-state index contributed by atoms with van der Waals surface area (Å²) < 4.78 is 5.20. The maximum Gasteiger partial charge on any atom is 0.324 e. The average Bonchev–Trinajstić information content (AvgIpc) is 2.66. The van der Waals surface area contributed by atoms with E-state index in [2.05, 4.69) is 15.0 Å². The van der Waals surface area contributed by atoms with E-state index in [0.29, 0.717) is 24.4 Å². The molecule has 1 atom stereocenters. The van der Waals surface area contributed by atoms with Gasteiger partial charge in [-0.3, -0.25) is 0 Å². The Bertz CT molecular complexity index is 310. The summed E-state index contributed by atoms with van der Waals surface area (Å²) in [5.41, 5.74) is 5.61. The van der Waals surface area contributed by atoms with E-state index in [1.54, 1.807) is 0 Å². The van der Waals surface area contributed by atoms with E-state index in [1.165, 1.54) is 19.3 Å². The van der Waals surface area contributed by atoms with Gasteiger partial charge in [-0.15, -0.1) is 0 Å². The summed E-state index contributed by atoms with van der Waals surface area (Å²) in [4.78, 5) is 6.48. The van der Waals surface area contributed by atoms with E-state index in [-0.39, 0.29) is 0 Å². The van der Waals surface area contributed by atoms with Gasteiger partial charge in [-0.05, 0) is 39.2 Å². The summed E-state index contributed by atoms with van der Waals surface area (Å²) in [5, 5.41) is 3.83. The lowest BCUT2D eigenvalue weighted by molar-refractivity contribution is 0.363. The Kier molecular flexibility index (Phi) is 3.20. The molecule has 1 saturated heterocycles. The Hall–Kier alpha value is -1.10. The van der Waals surface area contributed by atoms with Gasteiger partial charge in [-0.25, -0.2) is 0 Å². The molecule has 2 rings (SSSR count). The topological polar surface area (TPSA) is 68.2 Å². The zero-order chi connectivity index (χ0) is 10.7.